The molecular formula is C34H41N7O6. The van der Waals surface area contributed by atoms with Crippen molar-refractivity contribution >= 4 is 34.7 Å². The van der Waals surface area contributed by atoms with Gasteiger partial charge in [-0.3, -0.25) is 23.7 Å². The van der Waals surface area contributed by atoms with Crippen LogP contribution in [0.2, 0.25) is 0 Å². The zero-order valence-corrected chi connectivity index (χ0v) is 26.7. The van der Waals surface area contributed by atoms with Crippen LogP contribution in [-0.4, -0.2) is 75.3 Å². The number of hydrogen-bond donors (Lipinski definition) is 4. The van der Waals surface area contributed by atoms with E-state index in [2.05, 4.69) is 25.9 Å². The highest BCUT2D eigenvalue weighted by Gasteiger charge is 2.26. The molecule has 2 aromatic carbocycles. The summed E-state index contributed by atoms with van der Waals surface area (Å²) < 4.78 is 6.90. The quantitative estimate of drug-likeness (QED) is 0.265. The number of oxazole rings is 1. The molecule has 1 aliphatic rings. The molecule has 13 heteroatoms. The molecule has 0 aliphatic carbocycles. The van der Waals surface area contributed by atoms with Crippen LogP contribution < -0.4 is 21.6 Å². The van der Waals surface area contributed by atoms with Crippen molar-refractivity contribution < 1.29 is 23.6 Å². The van der Waals surface area contributed by atoms with Crippen molar-refractivity contribution in [2.45, 2.75) is 58.5 Å². The Kier molecular flexibility index (Phi) is 10.9. The van der Waals surface area contributed by atoms with E-state index >= 15 is 0 Å². The van der Waals surface area contributed by atoms with Crippen molar-refractivity contribution in [2.24, 2.45) is 5.92 Å². The van der Waals surface area contributed by atoms with E-state index in [0.29, 0.717) is 86.3 Å². The van der Waals surface area contributed by atoms with Crippen LogP contribution in [0.1, 0.15) is 66.7 Å². The first kappa shape index (κ1) is 33.2. The Morgan fingerprint density at radius 2 is 1.68 bits per heavy atom. The van der Waals surface area contributed by atoms with Crippen molar-refractivity contribution in [1.82, 2.24) is 35.4 Å². The largest absolute Gasteiger partial charge is 0.444 e. The molecule has 4 N–H and O–H groups in total. The summed E-state index contributed by atoms with van der Waals surface area (Å²) in [5.41, 5.74) is 2.57. The first-order valence-corrected chi connectivity index (χ1v) is 16.1. The van der Waals surface area contributed by atoms with Gasteiger partial charge in [0.15, 0.2) is 12.2 Å². The molecule has 2 aromatic heterocycles. The van der Waals surface area contributed by atoms with Crippen LogP contribution in [0.5, 0.6) is 0 Å². The average molecular weight is 644 g/mol. The van der Waals surface area contributed by atoms with Gasteiger partial charge in [-0.1, -0.05) is 32.4 Å². The summed E-state index contributed by atoms with van der Waals surface area (Å²) in [5, 5.41) is 8.72. The third-order valence-corrected chi connectivity index (χ3v) is 8.57. The number of nitrogens with zero attached hydrogens (tertiary/aromatic N) is 3. The Morgan fingerprint density at radius 3 is 2.43 bits per heavy atom. The molecule has 0 fully saturated rings. The lowest BCUT2D eigenvalue weighted by Crippen LogP contribution is -2.50. The fourth-order valence-corrected chi connectivity index (χ4v) is 5.66. The molecule has 47 heavy (non-hydrogen) atoms. The number of hydrogen-bond acceptors (Lipinski definition) is 7. The maximum atomic E-state index is 13.6. The van der Waals surface area contributed by atoms with Gasteiger partial charge in [0.05, 0.1) is 17.2 Å². The minimum Gasteiger partial charge on any atom is -0.444 e. The van der Waals surface area contributed by atoms with Crippen LogP contribution >= 0.6 is 0 Å². The third-order valence-electron chi connectivity index (χ3n) is 8.57. The number of amides is 4. The maximum absolute atomic E-state index is 13.6. The van der Waals surface area contributed by atoms with Gasteiger partial charge in [-0.25, -0.2) is 9.78 Å². The normalized spacial score (nSPS) is 18.2. The highest BCUT2D eigenvalue weighted by Crippen LogP contribution is 2.20. The zero-order chi connectivity index (χ0) is 33.3. The van der Waals surface area contributed by atoms with E-state index < -0.39 is 6.04 Å². The number of carbonyl (C=O) groups excluding carboxylic acids is 4. The second kappa shape index (κ2) is 15.4. The number of fused-ring (bicyclic) bond motifs is 1. The lowest BCUT2D eigenvalue weighted by atomic mass is 9.98. The molecule has 0 unspecified atom stereocenters. The maximum Gasteiger partial charge on any atom is 0.326 e. The van der Waals surface area contributed by atoms with Gasteiger partial charge in [-0.2, -0.15) is 0 Å². The SMILES string of the molecule is CC[C@H](C)[C@@H]1NC(=O)CCCN(C(=O)c2ccc(-c3cnco3)cc2)CCCNC(=O)c2ccc3[nH]c(=O)n(c3c2)CCCNC1=O. The van der Waals surface area contributed by atoms with Gasteiger partial charge in [0, 0.05) is 55.8 Å². The number of H-pyrrole nitrogens is 1. The van der Waals surface area contributed by atoms with Crippen LogP contribution in [0.25, 0.3) is 22.4 Å². The van der Waals surface area contributed by atoms with Gasteiger partial charge in [0.25, 0.3) is 11.8 Å². The van der Waals surface area contributed by atoms with Crippen molar-refractivity contribution in [1.29, 1.82) is 0 Å². The number of imidazole rings is 1. The van der Waals surface area contributed by atoms with Gasteiger partial charge < -0.3 is 30.3 Å². The molecule has 2 bridgehead atoms. The Balaban J connectivity index is 1.35. The molecule has 5 rings (SSSR count). The number of nitrogens with one attached hydrogen (secondary N) is 4. The number of aromatic amines is 1. The van der Waals surface area contributed by atoms with Crippen molar-refractivity contribution in [2.75, 3.05) is 26.2 Å². The summed E-state index contributed by atoms with van der Waals surface area (Å²) in [4.78, 5) is 73.9. The standard InChI is InChI=1S/C34H41N7O6/c1-3-22(2)30-32(44)37-15-6-18-41-27-19-25(12-13-26(27)38-34(41)46)31(43)36-14-5-17-40(16-4-7-29(42)39-30)33(45)24-10-8-23(9-11-24)28-20-35-21-47-28/h8-13,19-22,30H,3-7,14-18H2,1-2H3,(H,36,43)(H,37,44)(H,38,46)(H,39,42)/t22-,30-/m0/s1. The Bertz CT molecular complexity index is 1760. The van der Waals surface area contributed by atoms with Crippen molar-refractivity contribution in [3.05, 3.63) is 76.7 Å². The molecule has 4 amide bonds. The molecule has 0 saturated carbocycles. The summed E-state index contributed by atoms with van der Waals surface area (Å²) in [7, 11) is 0. The lowest BCUT2D eigenvalue weighted by Gasteiger charge is -2.25. The van der Waals surface area contributed by atoms with E-state index in [4.69, 9.17) is 4.42 Å². The Labute approximate surface area is 272 Å². The van der Waals surface area contributed by atoms with E-state index in [1.165, 1.54) is 6.39 Å². The molecule has 13 nitrogen and oxygen atoms in total. The number of rotatable bonds is 4. The predicted molar refractivity (Wildman–Crippen MR) is 176 cm³/mol. The van der Waals surface area contributed by atoms with Crippen molar-refractivity contribution in [3.8, 4) is 11.3 Å². The van der Waals surface area contributed by atoms with Gasteiger partial charge in [0.1, 0.15) is 6.04 Å². The van der Waals surface area contributed by atoms with Crippen LogP contribution in [-0.2, 0) is 16.1 Å². The van der Waals surface area contributed by atoms with Crippen LogP contribution in [0.15, 0.2) is 64.3 Å². The van der Waals surface area contributed by atoms with E-state index in [9.17, 15) is 24.0 Å². The molecule has 0 radical (unpaired) electrons. The van der Waals surface area contributed by atoms with E-state index in [1.807, 2.05) is 13.8 Å². The monoisotopic (exact) mass is 643 g/mol. The molecule has 1 aliphatic heterocycles. The summed E-state index contributed by atoms with van der Waals surface area (Å²) in [5.74, 6) is -0.556. The topological polar surface area (TPSA) is 171 Å². The van der Waals surface area contributed by atoms with E-state index in [-0.39, 0.29) is 41.7 Å². The zero-order valence-electron chi connectivity index (χ0n) is 26.7. The molecular weight excluding hydrogens is 602 g/mol. The minimum atomic E-state index is -0.710. The van der Waals surface area contributed by atoms with E-state index in [0.717, 1.165) is 5.56 Å². The second-order valence-electron chi connectivity index (χ2n) is 11.8. The fraction of sp³-hybridized carbons (Fsp3) is 0.412. The molecule has 0 saturated heterocycles. The predicted octanol–water partition coefficient (Wildman–Crippen LogP) is 3.08. The molecule has 4 aromatic rings. The Morgan fingerprint density at radius 1 is 0.957 bits per heavy atom. The molecule has 3 heterocycles. The van der Waals surface area contributed by atoms with Gasteiger partial charge in [-0.05, 0) is 55.5 Å². The van der Waals surface area contributed by atoms with Gasteiger partial charge >= 0.3 is 5.69 Å². The third kappa shape index (κ3) is 8.15. The highest BCUT2D eigenvalue weighted by atomic mass is 16.3. The first-order chi connectivity index (χ1) is 22.7. The number of benzene rings is 2. The number of aryl methyl sites for hydroxylation is 1. The highest BCUT2D eigenvalue weighted by molar-refractivity contribution is 5.97. The van der Waals surface area contributed by atoms with Crippen LogP contribution in [0, 0.1) is 5.92 Å². The summed E-state index contributed by atoms with van der Waals surface area (Å²) in [6.07, 6.45) is 5.11. The van der Waals surface area contributed by atoms with Crippen molar-refractivity contribution in [3.63, 3.8) is 0 Å². The second-order valence-corrected chi connectivity index (χ2v) is 11.8. The summed E-state index contributed by atoms with van der Waals surface area (Å²) >= 11 is 0. The smallest absolute Gasteiger partial charge is 0.326 e. The number of carbonyl (C=O) groups is 4. The summed E-state index contributed by atoms with van der Waals surface area (Å²) in [6.45, 7) is 5.48. The first-order valence-electron chi connectivity index (χ1n) is 16.1. The van der Waals surface area contributed by atoms with E-state index in [1.54, 1.807) is 58.1 Å². The fourth-order valence-electron chi connectivity index (χ4n) is 5.66. The van der Waals surface area contributed by atoms with Crippen LogP contribution in [0.3, 0.4) is 0 Å². The lowest BCUT2D eigenvalue weighted by molar-refractivity contribution is -0.130. The molecule has 0 spiro atoms. The van der Waals surface area contributed by atoms with Gasteiger partial charge in [-0.15, -0.1) is 0 Å². The summed E-state index contributed by atoms with van der Waals surface area (Å²) in [6, 6.07) is 11.3. The van der Waals surface area contributed by atoms with Gasteiger partial charge in [0.2, 0.25) is 11.8 Å². The number of aromatic nitrogens is 3. The Hall–Kier alpha value is -5.20. The average Bonchev–Trinajstić information content (AvgIpc) is 3.73. The minimum absolute atomic E-state index is 0.0988. The van der Waals surface area contributed by atoms with Crippen LogP contribution in [0.4, 0.5) is 0 Å². The molecule has 2 atom stereocenters. The molecule has 248 valence electrons.